The Bertz CT molecular complexity index is 147. The van der Waals surface area contributed by atoms with E-state index in [1.807, 2.05) is 11.9 Å². The highest BCUT2D eigenvalue weighted by molar-refractivity contribution is 5.87. The van der Waals surface area contributed by atoms with Crippen molar-refractivity contribution in [2.45, 2.75) is 6.10 Å². The van der Waals surface area contributed by atoms with Crippen LogP contribution in [0.25, 0.3) is 0 Å². The summed E-state index contributed by atoms with van der Waals surface area (Å²) in [7, 11) is 1.85. The van der Waals surface area contributed by atoms with Crippen molar-refractivity contribution < 1.29 is 10.2 Å². The highest BCUT2D eigenvalue weighted by atomic mass is 16.3. The third kappa shape index (κ3) is 1.27. The lowest BCUT2D eigenvalue weighted by Crippen LogP contribution is -2.35. The predicted octanol–water partition coefficient (Wildman–Crippen LogP) is -1.32. The van der Waals surface area contributed by atoms with E-state index >= 15 is 0 Å². The number of hydrogen-bond donors (Lipinski definition) is 2. The number of nitrogens with zero attached hydrogens (tertiary/aromatic N) is 2. The molecule has 0 saturated carbocycles. The van der Waals surface area contributed by atoms with E-state index in [4.69, 9.17) is 10.2 Å². The molecule has 1 heterocycles. The monoisotopic (exact) mass is 144 g/mol. The fourth-order valence-corrected chi connectivity index (χ4v) is 0.991. The minimum atomic E-state index is -0.799. The largest absolute Gasteiger partial charge is 0.393 e. The quantitative estimate of drug-likeness (QED) is 0.505. The Morgan fingerprint density at radius 2 is 2.50 bits per heavy atom. The van der Waals surface area contributed by atoms with E-state index < -0.39 is 6.10 Å². The van der Waals surface area contributed by atoms with Crippen molar-refractivity contribution in [3.63, 3.8) is 0 Å². The van der Waals surface area contributed by atoms with Crippen molar-refractivity contribution >= 4 is 5.84 Å². The molecule has 1 aliphatic rings. The predicted molar refractivity (Wildman–Crippen MR) is 38.0 cm³/mol. The first kappa shape index (κ1) is 7.50. The lowest BCUT2D eigenvalue weighted by molar-refractivity contribution is 0.137. The van der Waals surface area contributed by atoms with Crippen LogP contribution < -0.4 is 0 Å². The average Bonchev–Trinajstić information content (AvgIpc) is 2.34. The maximum atomic E-state index is 9.11. The first-order valence-corrected chi connectivity index (χ1v) is 3.30. The number of hydrogen-bond acceptors (Lipinski definition) is 4. The first-order valence-electron chi connectivity index (χ1n) is 3.30. The standard InChI is InChI=1S/C6H12N2O2/c1-8-3-2-7-6(8)5(10)4-9/h5,9-10H,2-4H2,1H3. The van der Waals surface area contributed by atoms with Gasteiger partial charge in [-0.2, -0.15) is 0 Å². The molecule has 0 aliphatic carbocycles. The van der Waals surface area contributed by atoms with Gasteiger partial charge >= 0.3 is 0 Å². The van der Waals surface area contributed by atoms with Crippen molar-refractivity contribution in [2.75, 3.05) is 26.7 Å². The molecule has 0 saturated heterocycles. The molecule has 4 nitrogen and oxygen atoms in total. The summed E-state index contributed by atoms with van der Waals surface area (Å²) in [5.41, 5.74) is 0. The molecule has 58 valence electrons. The van der Waals surface area contributed by atoms with E-state index in [2.05, 4.69) is 4.99 Å². The van der Waals surface area contributed by atoms with Gasteiger partial charge in [0.25, 0.3) is 0 Å². The van der Waals surface area contributed by atoms with Crippen LogP contribution in [0.2, 0.25) is 0 Å². The molecule has 0 aromatic carbocycles. The minimum absolute atomic E-state index is 0.247. The van der Waals surface area contributed by atoms with Crippen molar-refractivity contribution in [3.05, 3.63) is 0 Å². The molecule has 0 fully saturated rings. The van der Waals surface area contributed by atoms with E-state index in [1.54, 1.807) is 0 Å². The topological polar surface area (TPSA) is 56.1 Å². The second-order valence-electron chi connectivity index (χ2n) is 2.36. The van der Waals surface area contributed by atoms with E-state index in [-0.39, 0.29) is 6.61 Å². The van der Waals surface area contributed by atoms with Crippen LogP contribution in [0, 0.1) is 0 Å². The molecule has 0 radical (unpaired) electrons. The third-order valence-electron chi connectivity index (χ3n) is 1.57. The molecule has 1 atom stereocenters. The SMILES string of the molecule is CN1CCN=C1C(O)CO. The van der Waals surface area contributed by atoms with Crippen LogP contribution in [0.1, 0.15) is 0 Å². The van der Waals surface area contributed by atoms with Crippen LogP contribution in [0.3, 0.4) is 0 Å². The van der Waals surface area contributed by atoms with Gasteiger partial charge in [0.2, 0.25) is 0 Å². The van der Waals surface area contributed by atoms with Gasteiger partial charge in [0.05, 0.1) is 13.2 Å². The number of likely N-dealkylation sites (N-methyl/N-ethyl adjacent to an activating group) is 1. The normalized spacial score (nSPS) is 21.1. The zero-order valence-corrected chi connectivity index (χ0v) is 5.99. The molecule has 1 unspecified atom stereocenters. The summed E-state index contributed by atoms with van der Waals surface area (Å²) in [5.74, 6) is 0.600. The Balaban J connectivity index is 2.53. The average molecular weight is 144 g/mol. The summed E-state index contributed by atoms with van der Waals surface area (Å²) in [4.78, 5) is 5.87. The smallest absolute Gasteiger partial charge is 0.134 e. The van der Waals surface area contributed by atoms with Gasteiger partial charge in [-0.3, -0.25) is 4.99 Å². The third-order valence-corrected chi connectivity index (χ3v) is 1.57. The molecule has 0 aromatic rings. The van der Waals surface area contributed by atoms with E-state index in [1.165, 1.54) is 0 Å². The summed E-state index contributed by atoms with van der Waals surface area (Å²) in [6, 6.07) is 0. The Hall–Kier alpha value is -0.610. The fraction of sp³-hybridized carbons (Fsp3) is 0.833. The Morgan fingerprint density at radius 3 is 2.90 bits per heavy atom. The number of aliphatic hydroxyl groups is 2. The Morgan fingerprint density at radius 1 is 1.80 bits per heavy atom. The van der Waals surface area contributed by atoms with Gasteiger partial charge in [0.1, 0.15) is 11.9 Å². The van der Waals surface area contributed by atoms with Crippen LogP contribution in [0.15, 0.2) is 4.99 Å². The molecular formula is C6H12N2O2. The van der Waals surface area contributed by atoms with Crippen LogP contribution >= 0.6 is 0 Å². The molecule has 0 spiro atoms. The molecule has 1 aliphatic heterocycles. The van der Waals surface area contributed by atoms with Crippen LogP contribution in [-0.4, -0.2) is 53.8 Å². The van der Waals surface area contributed by atoms with Crippen LogP contribution in [0.5, 0.6) is 0 Å². The second kappa shape index (κ2) is 2.98. The van der Waals surface area contributed by atoms with Crippen molar-refractivity contribution in [3.8, 4) is 0 Å². The highest BCUT2D eigenvalue weighted by Gasteiger charge is 2.19. The summed E-state index contributed by atoms with van der Waals surface area (Å²) in [6.45, 7) is 1.32. The second-order valence-corrected chi connectivity index (χ2v) is 2.36. The van der Waals surface area contributed by atoms with Gasteiger partial charge in [-0.25, -0.2) is 0 Å². The first-order chi connectivity index (χ1) is 4.75. The molecule has 10 heavy (non-hydrogen) atoms. The maximum Gasteiger partial charge on any atom is 0.134 e. The van der Waals surface area contributed by atoms with Crippen LogP contribution in [0.4, 0.5) is 0 Å². The molecule has 4 heteroatoms. The number of aliphatic imine (C=N–C) groups is 1. The van der Waals surface area contributed by atoms with Gasteiger partial charge in [-0.1, -0.05) is 0 Å². The van der Waals surface area contributed by atoms with E-state index in [9.17, 15) is 0 Å². The van der Waals surface area contributed by atoms with Gasteiger partial charge in [-0.05, 0) is 0 Å². The van der Waals surface area contributed by atoms with Crippen LogP contribution in [-0.2, 0) is 0 Å². The molecule has 1 rings (SSSR count). The number of rotatable bonds is 2. The fourth-order valence-electron chi connectivity index (χ4n) is 0.991. The lowest BCUT2D eigenvalue weighted by atomic mass is 10.3. The molecule has 2 N–H and O–H groups in total. The maximum absolute atomic E-state index is 9.11. The van der Waals surface area contributed by atoms with Gasteiger partial charge < -0.3 is 15.1 Å². The van der Waals surface area contributed by atoms with Crippen molar-refractivity contribution in [1.29, 1.82) is 0 Å². The Labute approximate surface area is 59.8 Å². The zero-order valence-electron chi connectivity index (χ0n) is 5.99. The van der Waals surface area contributed by atoms with Gasteiger partial charge in [0.15, 0.2) is 0 Å². The summed E-state index contributed by atoms with van der Waals surface area (Å²) >= 11 is 0. The molecule has 0 aromatic heterocycles. The van der Waals surface area contributed by atoms with E-state index in [0.29, 0.717) is 5.84 Å². The molecular weight excluding hydrogens is 132 g/mol. The van der Waals surface area contributed by atoms with Gasteiger partial charge in [-0.15, -0.1) is 0 Å². The summed E-state index contributed by atoms with van der Waals surface area (Å²) in [6.07, 6.45) is -0.799. The van der Waals surface area contributed by atoms with Crippen molar-refractivity contribution in [1.82, 2.24) is 4.90 Å². The minimum Gasteiger partial charge on any atom is -0.393 e. The summed E-state index contributed by atoms with van der Waals surface area (Å²) < 4.78 is 0. The van der Waals surface area contributed by atoms with Gasteiger partial charge in [0, 0.05) is 13.6 Å². The summed E-state index contributed by atoms with van der Waals surface area (Å²) in [5, 5.41) is 17.7. The Kier molecular flexibility index (Phi) is 2.24. The number of amidine groups is 1. The lowest BCUT2D eigenvalue weighted by Gasteiger charge is -2.16. The molecule has 0 bridgehead atoms. The van der Waals surface area contributed by atoms with E-state index in [0.717, 1.165) is 13.1 Å². The van der Waals surface area contributed by atoms with Crippen molar-refractivity contribution in [2.24, 2.45) is 4.99 Å². The highest BCUT2D eigenvalue weighted by Crippen LogP contribution is 2.01. The number of aliphatic hydroxyl groups excluding tert-OH is 2. The molecule has 0 amide bonds. The zero-order chi connectivity index (χ0) is 7.56.